The van der Waals surface area contributed by atoms with Crippen molar-refractivity contribution < 1.29 is 9.13 Å². The van der Waals surface area contributed by atoms with Crippen LogP contribution in [-0.2, 0) is 6.54 Å². The predicted molar refractivity (Wildman–Crippen MR) is 76.1 cm³/mol. The fourth-order valence-electron chi connectivity index (χ4n) is 1.73. The Balaban J connectivity index is 2.14. The lowest BCUT2D eigenvalue weighted by Crippen LogP contribution is -2.09. The van der Waals surface area contributed by atoms with Gasteiger partial charge in [-0.05, 0) is 31.5 Å². The molecule has 3 N–H and O–H groups in total. The largest absolute Gasteiger partial charge is 0.476 e. The lowest BCUT2D eigenvalue weighted by molar-refractivity contribution is 0.327. The highest BCUT2D eigenvalue weighted by Gasteiger charge is 2.10. The smallest absolute Gasteiger partial charge is 0.242 e. The Bertz CT molecular complexity index is 586. The zero-order valence-electron chi connectivity index (χ0n) is 11.5. The van der Waals surface area contributed by atoms with E-state index in [0.29, 0.717) is 36.4 Å². The second-order valence-corrected chi connectivity index (χ2v) is 4.25. The summed E-state index contributed by atoms with van der Waals surface area (Å²) < 4.78 is 18.2. The average Bonchev–Trinajstić information content (AvgIpc) is 2.43. The second-order valence-electron chi connectivity index (χ2n) is 4.25. The van der Waals surface area contributed by atoms with Crippen molar-refractivity contribution in [3.63, 3.8) is 0 Å². The number of halogens is 1. The molecule has 1 aromatic heterocycles. The molecule has 0 unspecified atom stereocenters. The molecule has 2 rings (SSSR count). The number of aromatic nitrogens is 2. The van der Waals surface area contributed by atoms with E-state index in [1.807, 2.05) is 6.92 Å². The summed E-state index contributed by atoms with van der Waals surface area (Å²) in [6.07, 6.45) is 0. The lowest BCUT2D eigenvalue weighted by Gasteiger charge is -2.12. The molecule has 6 heteroatoms. The van der Waals surface area contributed by atoms with Gasteiger partial charge in [-0.2, -0.15) is 4.98 Å². The lowest BCUT2D eigenvalue weighted by atomic mass is 10.2. The number of nitrogens with zero attached hydrogens (tertiary/aromatic N) is 2. The fourth-order valence-corrected chi connectivity index (χ4v) is 1.73. The molecule has 0 spiro atoms. The van der Waals surface area contributed by atoms with Crippen LogP contribution in [0.25, 0.3) is 0 Å². The summed E-state index contributed by atoms with van der Waals surface area (Å²) in [5.41, 5.74) is 7.26. The summed E-state index contributed by atoms with van der Waals surface area (Å²) in [6.45, 7) is 4.61. The molecule has 0 fully saturated rings. The van der Waals surface area contributed by atoms with E-state index in [1.54, 1.807) is 19.1 Å². The molecular weight excluding hydrogens is 259 g/mol. The van der Waals surface area contributed by atoms with Crippen molar-refractivity contribution in [2.24, 2.45) is 0 Å². The molecule has 2 aromatic rings. The quantitative estimate of drug-likeness (QED) is 0.877. The van der Waals surface area contributed by atoms with Gasteiger partial charge in [-0.25, -0.2) is 9.37 Å². The molecule has 0 radical (unpaired) electrons. The highest BCUT2D eigenvalue weighted by molar-refractivity contribution is 5.66. The van der Waals surface area contributed by atoms with Gasteiger partial charge in [0.1, 0.15) is 17.3 Å². The molecule has 106 valence electrons. The van der Waals surface area contributed by atoms with Gasteiger partial charge in [-0.15, -0.1) is 0 Å². The van der Waals surface area contributed by atoms with Crippen LogP contribution in [0.3, 0.4) is 0 Å². The van der Waals surface area contributed by atoms with Crippen molar-refractivity contribution in [1.82, 2.24) is 9.97 Å². The Morgan fingerprint density at radius 2 is 1.95 bits per heavy atom. The monoisotopic (exact) mass is 276 g/mol. The standard InChI is InChI=1S/C14H17FN4O/c1-3-20-14-12(16)13(18-9(2)19-14)17-8-10-4-6-11(15)7-5-10/h4-7H,3,8,16H2,1-2H3,(H,17,18,19). The normalized spacial score (nSPS) is 10.3. The van der Waals surface area contributed by atoms with Gasteiger partial charge in [0.05, 0.1) is 6.61 Å². The van der Waals surface area contributed by atoms with Crippen LogP contribution in [0.2, 0.25) is 0 Å². The average molecular weight is 276 g/mol. The first-order chi connectivity index (χ1) is 9.60. The van der Waals surface area contributed by atoms with E-state index < -0.39 is 0 Å². The molecule has 20 heavy (non-hydrogen) atoms. The molecular formula is C14H17FN4O. The number of hydrogen-bond acceptors (Lipinski definition) is 5. The van der Waals surface area contributed by atoms with Gasteiger partial charge in [0.2, 0.25) is 5.88 Å². The number of anilines is 2. The van der Waals surface area contributed by atoms with Gasteiger partial charge in [-0.3, -0.25) is 0 Å². The van der Waals surface area contributed by atoms with Gasteiger partial charge in [-0.1, -0.05) is 12.1 Å². The molecule has 0 aliphatic heterocycles. The van der Waals surface area contributed by atoms with Crippen molar-refractivity contribution in [1.29, 1.82) is 0 Å². The molecule has 0 saturated carbocycles. The van der Waals surface area contributed by atoms with E-state index in [9.17, 15) is 4.39 Å². The van der Waals surface area contributed by atoms with Crippen LogP contribution in [0, 0.1) is 12.7 Å². The third-order valence-electron chi connectivity index (χ3n) is 2.68. The molecule has 0 atom stereocenters. The van der Waals surface area contributed by atoms with Gasteiger partial charge < -0.3 is 15.8 Å². The van der Waals surface area contributed by atoms with Gasteiger partial charge in [0.15, 0.2) is 5.82 Å². The summed E-state index contributed by atoms with van der Waals surface area (Å²) in [7, 11) is 0. The Hall–Kier alpha value is -2.37. The van der Waals surface area contributed by atoms with Gasteiger partial charge in [0.25, 0.3) is 0 Å². The minimum atomic E-state index is -0.259. The van der Waals surface area contributed by atoms with E-state index in [1.165, 1.54) is 12.1 Å². The first-order valence-electron chi connectivity index (χ1n) is 6.35. The van der Waals surface area contributed by atoms with E-state index in [-0.39, 0.29) is 5.82 Å². The molecule has 5 nitrogen and oxygen atoms in total. The SMILES string of the molecule is CCOc1nc(C)nc(NCc2ccc(F)cc2)c1N. The van der Waals surface area contributed by atoms with Crippen molar-refractivity contribution in [3.05, 3.63) is 41.5 Å². The van der Waals surface area contributed by atoms with Crippen molar-refractivity contribution >= 4 is 11.5 Å². The minimum absolute atomic E-state index is 0.259. The van der Waals surface area contributed by atoms with Crippen LogP contribution in [0.4, 0.5) is 15.9 Å². The summed E-state index contributed by atoms with van der Waals surface area (Å²) in [5.74, 6) is 1.21. The number of benzene rings is 1. The Kier molecular flexibility index (Phi) is 4.34. The third-order valence-corrected chi connectivity index (χ3v) is 2.68. The van der Waals surface area contributed by atoms with Crippen LogP contribution in [0.5, 0.6) is 5.88 Å². The molecule has 1 heterocycles. The van der Waals surface area contributed by atoms with Crippen molar-refractivity contribution in [2.45, 2.75) is 20.4 Å². The predicted octanol–water partition coefficient (Wildman–Crippen LogP) is 2.52. The molecule has 0 aliphatic rings. The van der Waals surface area contributed by atoms with Crippen molar-refractivity contribution in [3.8, 4) is 5.88 Å². The Labute approximate surface area is 117 Å². The summed E-state index contributed by atoms with van der Waals surface area (Å²) in [4.78, 5) is 8.39. The number of hydrogen-bond donors (Lipinski definition) is 2. The fraction of sp³-hybridized carbons (Fsp3) is 0.286. The maximum absolute atomic E-state index is 12.8. The Morgan fingerprint density at radius 1 is 1.25 bits per heavy atom. The number of nitrogens with one attached hydrogen (secondary N) is 1. The third kappa shape index (κ3) is 3.34. The van der Waals surface area contributed by atoms with E-state index in [0.717, 1.165) is 5.56 Å². The molecule has 1 aromatic carbocycles. The Morgan fingerprint density at radius 3 is 2.60 bits per heavy atom. The zero-order valence-corrected chi connectivity index (χ0v) is 11.5. The van der Waals surface area contributed by atoms with Gasteiger partial charge in [0, 0.05) is 6.54 Å². The highest BCUT2D eigenvalue weighted by Crippen LogP contribution is 2.26. The molecule has 0 amide bonds. The first kappa shape index (κ1) is 14.0. The number of ether oxygens (including phenoxy) is 1. The van der Waals surface area contributed by atoms with Gasteiger partial charge >= 0.3 is 0 Å². The zero-order chi connectivity index (χ0) is 14.5. The van der Waals surface area contributed by atoms with Crippen LogP contribution in [-0.4, -0.2) is 16.6 Å². The topological polar surface area (TPSA) is 73.1 Å². The first-order valence-corrected chi connectivity index (χ1v) is 6.35. The summed E-state index contributed by atoms with van der Waals surface area (Å²) in [6, 6.07) is 6.24. The molecule has 0 bridgehead atoms. The summed E-state index contributed by atoms with van der Waals surface area (Å²) >= 11 is 0. The van der Waals surface area contributed by atoms with Crippen LogP contribution in [0.1, 0.15) is 18.3 Å². The van der Waals surface area contributed by atoms with Crippen LogP contribution in [0.15, 0.2) is 24.3 Å². The van der Waals surface area contributed by atoms with Crippen molar-refractivity contribution in [2.75, 3.05) is 17.7 Å². The maximum Gasteiger partial charge on any atom is 0.242 e. The van der Waals surface area contributed by atoms with E-state index in [2.05, 4.69) is 15.3 Å². The highest BCUT2D eigenvalue weighted by atomic mass is 19.1. The van der Waals surface area contributed by atoms with E-state index >= 15 is 0 Å². The summed E-state index contributed by atoms with van der Waals surface area (Å²) in [5, 5.41) is 3.11. The number of nitrogens with two attached hydrogens (primary N) is 1. The van der Waals surface area contributed by atoms with E-state index in [4.69, 9.17) is 10.5 Å². The minimum Gasteiger partial charge on any atom is -0.476 e. The van der Waals surface area contributed by atoms with Crippen LogP contribution >= 0.6 is 0 Å². The number of nitrogen functional groups attached to an aromatic ring is 1. The molecule has 0 saturated heterocycles. The van der Waals surface area contributed by atoms with Crippen LogP contribution < -0.4 is 15.8 Å². The number of rotatable bonds is 5. The molecule has 0 aliphatic carbocycles. The second kappa shape index (κ2) is 6.18. The maximum atomic E-state index is 12.8. The number of aryl methyl sites for hydroxylation is 1.